The van der Waals surface area contributed by atoms with Gasteiger partial charge in [-0.3, -0.25) is 4.79 Å². The molecule has 11 heavy (non-hydrogen) atoms. The predicted octanol–water partition coefficient (Wildman–Crippen LogP) is 0.418. The number of hydrogen-bond donors (Lipinski definition) is 2. The largest absolute Gasteiger partial charge is 0.370 e. The maximum absolute atomic E-state index is 10.3. The van der Waals surface area contributed by atoms with Crippen LogP contribution in [0.3, 0.4) is 0 Å². The van der Waals surface area contributed by atoms with E-state index >= 15 is 0 Å². The Balaban J connectivity index is 2.90. The first kappa shape index (κ1) is 10.2. The van der Waals surface area contributed by atoms with Crippen molar-refractivity contribution >= 4 is 5.91 Å². The minimum Gasteiger partial charge on any atom is -0.370 e. The van der Waals surface area contributed by atoms with Crippen molar-refractivity contribution in [1.29, 1.82) is 0 Å². The van der Waals surface area contributed by atoms with Crippen LogP contribution in [0.1, 0.15) is 19.3 Å². The zero-order valence-corrected chi connectivity index (χ0v) is 6.81. The van der Waals surface area contributed by atoms with Crippen molar-refractivity contribution in [2.75, 3.05) is 13.1 Å². The number of carbonyl (C=O) groups excluding carboxylic acids is 1. The molecule has 0 aliphatic heterocycles. The van der Waals surface area contributed by atoms with E-state index in [1.165, 1.54) is 0 Å². The minimum atomic E-state index is -0.226. The quantitative estimate of drug-likeness (QED) is 0.414. The van der Waals surface area contributed by atoms with Crippen LogP contribution in [-0.4, -0.2) is 19.0 Å². The molecule has 0 heterocycles. The SMILES string of the molecule is C=CCCNCCCC(N)=O. The van der Waals surface area contributed by atoms with Crippen LogP contribution in [-0.2, 0) is 4.79 Å². The van der Waals surface area contributed by atoms with E-state index in [4.69, 9.17) is 5.73 Å². The first-order valence-corrected chi connectivity index (χ1v) is 3.87. The fourth-order valence-corrected chi connectivity index (χ4v) is 0.717. The third kappa shape index (κ3) is 9.17. The molecule has 0 aliphatic carbocycles. The summed E-state index contributed by atoms with van der Waals surface area (Å²) < 4.78 is 0. The van der Waals surface area contributed by atoms with Gasteiger partial charge >= 0.3 is 0 Å². The molecule has 0 fully saturated rings. The van der Waals surface area contributed by atoms with Crippen molar-refractivity contribution in [1.82, 2.24) is 5.32 Å². The zero-order valence-electron chi connectivity index (χ0n) is 6.81. The number of carbonyl (C=O) groups is 1. The molecule has 0 saturated carbocycles. The van der Waals surface area contributed by atoms with Crippen LogP contribution in [0.25, 0.3) is 0 Å². The van der Waals surface area contributed by atoms with E-state index in [1.54, 1.807) is 0 Å². The second-order valence-electron chi connectivity index (χ2n) is 2.40. The fraction of sp³-hybridized carbons (Fsp3) is 0.625. The fourth-order valence-electron chi connectivity index (χ4n) is 0.717. The van der Waals surface area contributed by atoms with Gasteiger partial charge in [0.05, 0.1) is 0 Å². The highest BCUT2D eigenvalue weighted by Crippen LogP contribution is 1.84. The molecular weight excluding hydrogens is 140 g/mol. The Hall–Kier alpha value is -0.830. The minimum absolute atomic E-state index is 0.226. The lowest BCUT2D eigenvalue weighted by Crippen LogP contribution is -2.19. The molecule has 0 rings (SSSR count). The van der Waals surface area contributed by atoms with E-state index < -0.39 is 0 Å². The number of nitrogens with one attached hydrogen (secondary N) is 1. The third-order valence-electron chi connectivity index (χ3n) is 1.30. The molecule has 3 heteroatoms. The first-order chi connectivity index (χ1) is 5.27. The van der Waals surface area contributed by atoms with Crippen molar-refractivity contribution in [3.05, 3.63) is 12.7 Å². The lowest BCUT2D eigenvalue weighted by molar-refractivity contribution is -0.118. The van der Waals surface area contributed by atoms with Crippen molar-refractivity contribution in [2.45, 2.75) is 19.3 Å². The van der Waals surface area contributed by atoms with E-state index in [-0.39, 0.29) is 5.91 Å². The van der Waals surface area contributed by atoms with Crippen LogP contribution in [0.4, 0.5) is 0 Å². The van der Waals surface area contributed by atoms with Gasteiger partial charge in [-0.05, 0) is 25.9 Å². The summed E-state index contributed by atoms with van der Waals surface area (Å²) >= 11 is 0. The molecule has 0 aromatic rings. The van der Waals surface area contributed by atoms with Gasteiger partial charge in [0.15, 0.2) is 0 Å². The summed E-state index contributed by atoms with van der Waals surface area (Å²) in [7, 11) is 0. The van der Waals surface area contributed by atoms with Gasteiger partial charge in [0.25, 0.3) is 0 Å². The molecule has 0 unspecified atom stereocenters. The Morgan fingerprint density at radius 1 is 1.55 bits per heavy atom. The second kappa shape index (κ2) is 7.28. The van der Waals surface area contributed by atoms with Crippen molar-refractivity contribution < 1.29 is 4.79 Å². The van der Waals surface area contributed by atoms with E-state index in [0.717, 1.165) is 25.9 Å². The predicted molar refractivity (Wildman–Crippen MR) is 46.1 cm³/mol. The summed E-state index contributed by atoms with van der Waals surface area (Å²) in [6.07, 6.45) is 4.13. The van der Waals surface area contributed by atoms with Gasteiger partial charge in [-0.1, -0.05) is 6.08 Å². The molecule has 0 spiro atoms. The summed E-state index contributed by atoms with van der Waals surface area (Å²) in [5.41, 5.74) is 4.95. The van der Waals surface area contributed by atoms with Crippen molar-refractivity contribution in [3.8, 4) is 0 Å². The maximum atomic E-state index is 10.3. The van der Waals surface area contributed by atoms with E-state index in [2.05, 4.69) is 11.9 Å². The van der Waals surface area contributed by atoms with E-state index in [1.807, 2.05) is 6.08 Å². The lowest BCUT2D eigenvalue weighted by atomic mass is 10.3. The van der Waals surface area contributed by atoms with Gasteiger partial charge in [0.1, 0.15) is 0 Å². The molecular formula is C8H16N2O. The summed E-state index contributed by atoms with van der Waals surface area (Å²) in [5.74, 6) is -0.226. The van der Waals surface area contributed by atoms with E-state index in [0.29, 0.717) is 6.42 Å². The van der Waals surface area contributed by atoms with Crippen LogP contribution in [0.2, 0.25) is 0 Å². The van der Waals surface area contributed by atoms with Crippen molar-refractivity contribution in [2.24, 2.45) is 5.73 Å². The summed E-state index contributed by atoms with van der Waals surface area (Å²) in [6.45, 7) is 5.38. The average molecular weight is 156 g/mol. The Kier molecular flexibility index (Phi) is 6.73. The van der Waals surface area contributed by atoms with Gasteiger partial charge in [0.2, 0.25) is 5.91 Å². The molecule has 0 atom stereocenters. The third-order valence-corrected chi connectivity index (χ3v) is 1.30. The number of rotatable bonds is 7. The van der Waals surface area contributed by atoms with Crippen LogP contribution in [0.15, 0.2) is 12.7 Å². The smallest absolute Gasteiger partial charge is 0.217 e. The summed E-state index contributed by atoms with van der Waals surface area (Å²) in [4.78, 5) is 10.3. The lowest BCUT2D eigenvalue weighted by Gasteiger charge is -1.99. The molecule has 0 bridgehead atoms. The second-order valence-corrected chi connectivity index (χ2v) is 2.40. The van der Waals surface area contributed by atoms with Gasteiger partial charge in [-0.15, -0.1) is 6.58 Å². The highest BCUT2D eigenvalue weighted by Gasteiger charge is 1.92. The number of amides is 1. The normalized spacial score (nSPS) is 9.45. The Labute approximate surface area is 67.7 Å². The number of primary amides is 1. The summed E-state index contributed by atoms with van der Waals surface area (Å²) in [6, 6.07) is 0. The van der Waals surface area contributed by atoms with Crippen LogP contribution in [0, 0.1) is 0 Å². The molecule has 3 nitrogen and oxygen atoms in total. The van der Waals surface area contributed by atoms with E-state index in [9.17, 15) is 4.79 Å². The molecule has 0 aliphatic rings. The number of nitrogens with two attached hydrogens (primary N) is 1. The average Bonchev–Trinajstić information content (AvgIpc) is 1.96. The van der Waals surface area contributed by atoms with Crippen LogP contribution < -0.4 is 11.1 Å². The molecule has 64 valence electrons. The molecule has 0 aromatic heterocycles. The maximum Gasteiger partial charge on any atom is 0.217 e. The van der Waals surface area contributed by atoms with Crippen LogP contribution >= 0.6 is 0 Å². The van der Waals surface area contributed by atoms with Gasteiger partial charge < -0.3 is 11.1 Å². The highest BCUT2D eigenvalue weighted by atomic mass is 16.1. The van der Waals surface area contributed by atoms with Gasteiger partial charge in [-0.2, -0.15) is 0 Å². The van der Waals surface area contributed by atoms with Gasteiger partial charge in [-0.25, -0.2) is 0 Å². The Morgan fingerprint density at radius 2 is 2.27 bits per heavy atom. The molecule has 1 amide bonds. The standard InChI is InChI=1S/C8H16N2O/c1-2-3-6-10-7-4-5-8(9)11/h2,10H,1,3-7H2,(H2,9,11). The molecule has 3 N–H and O–H groups in total. The summed E-state index contributed by atoms with van der Waals surface area (Å²) in [5, 5.41) is 3.16. The van der Waals surface area contributed by atoms with Crippen molar-refractivity contribution in [3.63, 3.8) is 0 Å². The zero-order chi connectivity index (χ0) is 8.53. The molecule has 0 saturated heterocycles. The Bertz CT molecular complexity index is 123. The van der Waals surface area contributed by atoms with Crippen LogP contribution in [0.5, 0.6) is 0 Å². The van der Waals surface area contributed by atoms with Gasteiger partial charge in [0, 0.05) is 6.42 Å². The highest BCUT2D eigenvalue weighted by molar-refractivity contribution is 5.73. The molecule has 0 radical (unpaired) electrons. The monoisotopic (exact) mass is 156 g/mol. The molecule has 0 aromatic carbocycles. The topological polar surface area (TPSA) is 55.1 Å². The number of hydrogen-bond acceptors (Lipinski definition) is 2. The Morgan fingerprint density at radius 3 is 2.82 bits per heavy atom. The first-order valence-electron chi connectivity index (χ1n) is 3.87.